The zero-order chi connectivity index (χ0) is 18.1. The van der Waals surface area contributed by atoms with Gasteiger partial charge in [0.2, 0.25) is 0 Å². The van der Waals surface area contributed by atoms with Crippen molar-refractivity contribution in [1.82, 2.24) is 15.1 Å². The van der Waals surface area contributed by atoms with E-state index < -0.39 is 0 Å². The van der Waals surface area contributed by atoms with Gasteiger partial charge in [0.15, 0.2) is 0 Å². The highest BCUT2D eigenvalue weighted by Gasteiger charge is 2.15. The highest BCUT2D eigenvalue weighted by atomic mass is 16.2. The minimum absolute atomic E-state index is 0.0187. The molecule has 2 rings (SSSR count). The molecule has 1 N–H and O–H groups in total. The van der Waals surface area contributed by atoms with Crippen LogP contribution in [-0.4, -0.2) is 47.9 Å². The standard InChI is InChI=1S/C20H31N3O2/c1-3-22(4-2)19(24)18-12-10-17(11-13-18)16-21-20(25)23-14-8-6-5-7-9-15-23/h10-13H,3-9,14-16H2,1-2H3,(H,21,25). The van der Waals surface area contributed by atoms with Gasteiger partial charge in [0.1, 0.15) is 0 Å². The molecule has 0 radical (unpaired) electrons. The molecule has 3 amide bonds. The molecular weight excluding hydrogens is 314 g/mol. The zero-order valence-corrected chi connectivity index (χ0v) is 15.6. The van der Waals surface area contributed by atoms with E-state index in [0.717, 1.165) is 31.5 Å². The smallest absolute Gasteiger partial charge is 0.317 e. The Morgan fingerprint density at radius 2 is 1.52 bits per heavy atom. The second kappa shape index (κ2) is 10.1. The lowest BCUT2D eigenvalue weighted by Crippen LogP contribution is -2.41. The summed E-state index contributed by atoms with van der Waals surface area (Å²) >= 11 is 0. The Labute approximate surface area is 151 Å². The predicted molar refractivity (Wildman–Crippen MR) is 101 cm³/mol. The minimum atomic E-state index is 0.0187. The Kier molecular flexibility index (Phi) is 7.76. The Balaban J connectivity index is 1.86. The third-order valence-corrected chi connectivity index (χ3v) is 4.84. The molecule has 1 aliphatic heterocycles. The number of urea groups is 1. The number of rotatable bonds is 5. The van der Waals surface area contributed by atoms with Gasteiger partial charge in [-0.25, -0.2) is 4.79 Å². The SMILES string of the molecule is CCN(CC)C(=O)c1ccc(CNC(=O)N2CCCCCCC2)cc1. The normalized spacial score (nSPS) is 15.2. The molecule has 0 spiro atoms. The van der Waals surface area contributed by atoms with Crippen LogP contribution in [0.25, 0.3) is 0 Å². The number of benzene rings is 1. The van der Waals surface area contributed by atoms with Gasteiger partial charge in [-0.05, 0) is 44.4 Å². The number of hydrogen-bond donors (Lipinski definition) is 1. The van der Waals surface area contributed by atoms with Crippen molar-refractivity contribution in [3.8, 4) is 0 Å². The molecule has 1 aromatic rings. The molecule has 0 saturated carbocycles. The molecular formula is C20H31N3O2. The third kappa shape index (κ3) is 5.76. The summed E-state index contributed by atoms with van der Waals surface area (Å²) < 4.78 is 0. The maximum Gasteiger partial charge on any atom is 0.317 e. The molecule has 0 bridgehead atoms. The quantitative estimate of drug-likeness (QED) is 0.886. The Morgan fingerprint density at radius 3 is 2.08 bits per heavy atom. The summed E-state index contributed by atoms with van der Waals surface area (Å²) in [5.74, 6) is 0.0567. The number of hydrogen-bond acceptors (Lipinski definition) is 2. The fourth-order valence-electron chi connectivity index (χ4n) is 3.20. The van der Waals surface area contributed by atoms with Gasteiger partial charge in [0.25, 0.3) is 5.91 Å². The van der Waals surface area contributed by atoms with Gasteiger partial charge < -0.3 is 15.1 Å². The summed E-state index contributed by atoms with van der Waals surface area (Å²) in [5.41, 5.74) is 1.71. The van der Waals surface area contributed by atoms with Crippen molar-refractivity contribution in [2.24, 2.45) is 0 Å². The van der Waals surface area contributed by atoms with Crippen molar-refractivity contribution in [1.29, 1.82) is 0 Å². The van der Waals surface area contributed by atoms with Gasteiger partial charge in [-0.1, -0.05) is 31.4 Å². The molecule has 0 atom stereocenters. The molecule has 5 nitrogen and oxygen atoms in total. The van der Waals surface area contributed by atoms with Gasteiger partial charge in [-0.15, -0.1) is 0 Å². The van der Waals surface area contributed by atoms with E-state index in [4.69, 9.17) is 0 Å². The van der Waals surface area contributed by atoms with Crippen molar-refractivity contribution < 1.29 is 9.59 Å². The second-order valence-corrected chi connectivity index (χ2v) is 6.59. The van der Waals surface area contributed by atoms with Crippen molar-refractivity contribution in [3.63, 3.8) is 0 Å². The summed E-state index contributed by atoms with van der Waals surface area (Å²) in [7, 11) is 0. The fourth-order valence-corrected chi connectivity index (χ4v) is 3.20. The highest BCUT2D eigenvalue weighted by molar-refractivity contribution is 5.94. The predicted octanol–water partition coefficient (Wildman–Crippen LogP) is 3.64. The van der Waals surface area contributed by atoms with Crippen molar-refractivity contribution >= 4 is 11.9 Å². The largest absolute Gasteiger partial charge is 0.339 e. The minimum Gasteiger partial charge on any atom is -0.339 e. The van der Waals surface area contributed by atoms with E-state index in [0.29, 0.717) is 25.2 Å². The first-order valence-electron chi connectivity index (χ1n) is 9.56. The van der Waals surface area contributed by atoms with Crippen molar-refractivity contribution in [2.75, 3.05) is 26.2 Å². The first-order chi connectivity index (χ1) is 12.2. The summed E-state index contributed by atoms with van der Waals surface area (Å²) in [6.45, 7) is 7.58. The molecule has 5 heteroatoms. The summed E-state index contributed by atoms with van der Waals surface area (Å²) in [6, 6.07) is 7.55. The molecule has 0 aromatic heterocycles. The molecule has 1 heterocycles. The van der Waals surface area contributed by atoms with E-state index in [1.165, 1.54) is 19.3 Å². The number of nitrogens with zero attached hydrogens (tertiary/aromatic N) is 2. The lowest BCUT2D eigenvalue weighted by molar-refractivity contribution is 0.0773. The third-order valence-electron chi connectivity index (χ3n) is 4.84. The number of carbonyl (C=O) groups is 2. The van der Waals surface area contributed by atoms with Crippen molar-refractivity contribution in [2.45, 2.75) is 52.5 Å². The first-order valence-corrected chi connectivity index (χ1v) is 9.56. The van der Waals surface area contributed by atoms with Crippen molar-refractivity contribution in [3.05, 3.63) is 35.4 Å². The van der Waals surface area contributed by atoms with E-state index in [1.54, 1.807) is 4.90 Å². The van der Waals surface area contributed by atoms with Crippen LogP contribution in [0, 0.1) is 0 Å². The van der Waals surface area contributed by atoms with Crippen LogP contribution in [-0.2, 0) is 6.54 Å². The van der Waals surface area contributed by atoms with Gasteiger partial charge in [0.05, 0.1) is 0 Å². The number of carbonyl (C=O) groups excluding carboxylic acids is 2. The molecule has 0 unspecified atom stereocenters. The van der Waals surface area contributed by atoms with Crippen LogP contribution in [0.5, 0.6) is 0 Å². The van der Waals surface area contributed by atoms with Crippen LogP contribution >= 0.6 is 0 Å². The first kappa shape index (κ1) is 19.3. The lowest BCUT2D eigenvalue weighted by atomic mass is 10.1. The monoisotopic (exact) mass is 345 g/mol. The topological polar surface area (TPSA) is 52.7 Å². The number of nitrogens with one attached hydrogen (secondary N) is 1. The molecule has 1 saturated heterocycles. The maximum absolute atomic E-state index is 12.3. The summed E-state index contributed by atoms with van der Waals surface area (Å²) in [5, 5.41) is 3.00. The fraction of sp³-hybridized carbons (Fsp3) is 0.600. The van der Waals surface area contributed by atoms with Crippen LogP contribution in [0.15, 0.2) is 24.3 Å². The Bertz CT molecular complexity index is 545. The molecule has 1 fully saturated rings. The average Bonchev–Trinajstić information content (AvgIpc) is 2.61. The van der Waals surface area contributed by atoms with E-state index in [2.05, 4.69) is 5.32 Å². The second-order valence-electron chi connectivity index (χ2n) is 6.59. The molecule has 1 aliphatic rings. The van der Waals surface area contributed by atoms with Gasteiger partial charge >= 0.3 is 6.03 Å². The van der Waals surface area contributed by atoms with Crippen LogP contribution in [0.1, 0.15) is 61.9 Å². The van der Waals surface area contributed by atoms with E-state index in [1.807, 2.05) is 43.0 Å². The van der Waals surface area contributed by atoms with E-state index >= 15 is 0 Å². The zero-order valence-electron chi connectivity index (χ0n) is 15.6. The molecule has 25 heavy (non-hydrogen) atoms. The van der Waals surface area contributed by atoms with Crippen LogP contribution < -0.4 is 5.32 Å². The average molecular weight is 345 g/mol. The van der Waals surface area contributed by atoms with Crippen LogP contribution in [0.3, 0.4) is 0 Å². The van der Waals surface area contributed by atoms with Gasteiger partial charge in [-0.3, -0.25) is 4.79 Å². The van der Waals surface area contributed by atoms with Gasteiger partial charge in [-0.2, -0.15) is 0 Å². The number of amides is 3. The maximum atomic E-state index is 12.3. The highest BCUT2D eigenvalue weighted by Crippen LogP contribution is 2.11. The Morgan fingerprint density at radius 1 is 0.960 bits per heavy atom. The van der Waals surface area contributed by atoms with Crippen LogP contribution in [0.2, 0.25) is 0 Å². The van der Waals surface area contributed by atoms with Crippen LogP contribution in [0.4, 0.5) is 4.79 Å². The lowest BCUT2D eigenvalue weighted by Gasteiger charge is -2.25. The summed E-state index contributed by atoms with van der Waals surface area (Å²) in [4.78, 5) is 28.4. The Hall–Kier alpha value is -2.04. The summed E-state index contributed by atoms with van der Waals surface area (Å²) in [6.07, 6.45) is 5.90. The van der Waals surface area contributed by atoms with E-state index in [-0.39, 0.29) is 11.9 Å². The van der Waals surface area contributed by atoms with Gasteiger partial charge in [0, 0.05) is 38.3 Å². The molecule has 138 valence electrons. The van der Waals surface area contributed by atoms with E-state index in [9.17, 15) is 9.59 Å². The molecule has 1 aromatic carbocycles. The molecule has 0 aliphatic carbocycles. The number of likely N-dealkylation sites (tertiary alicyclic amines) is 1.